The summed E-state index contributed by atoms with van der Waals surface area (Å²) in [6, 6.07) is 0. The van der Waals surface area contributed by atoms with E-state index < -0.39 is 57.0 Å². The Hall–Kier alpha value is -0.820. The van der Waals surface area contributed by atoms with Gasteiger partial charge in [-0.2, -0.15) is 0 Å². The minimum absolute atomic E-state index is 0. The molecule has 0 atom stereocenters. The number of aromatic hydroxyl groups is 2. The molecule has 0 aliphatic rings. The van der Waals surface area contributed by atoms with Gasteiger partial charge in [-0.1, -0.05) is 0 Å². The molecule has 10 nitrogen and oxygen atoms in total. The van der Waals surface area contributed by atoms with E-state index in [9.17, 15) is 29.4 Å². The first-order valence-corrected chi connectivity index (χ1v) is 5.86. The molecule has 13 heteroatoms. The second kappa shape index (κ2) is 9.47. The van der Waals surface area contributed by atoms with Crippen molar-refractivity contribution < 1.29 is 49.8 Å². The molecule has 1 aromatic rings. The number of carboxylic acids is 4. The molecule has 0 spiro atoms. The van der Waals surface area contributed by atoms with Gasteiger partial charge in [-0.3, -0.25) is 19.2 Å². The molecule has 0 radical (unpaired) electrons. The standard InChI is InChI=1S/C10H8O10S.2Na.2H/c11-3-4(12)6(2(9(17)18)10(19)20)21-5(3)1(7(13)14)8(15)16;;;;/h1-2,11-12H,(H,13,14)(H,15,16)(H,17,18)(H,19,20);;;;. The predicted molar refractivity (Wildman–Crippen MR) is 78.0 cm³/mol. The number of thiophene rings is 1. The summed E-state index contributed by atoms with van der Waals surface area (Å²) in [5.41, 5.74) is 0. The van der Waals surface area contributed by atoms with Crippen LogP contribution in [0.2, 0.25) is 0 Å². The van der Waals surface area contributed by atoms with Crippen molar-refractivity contribution in [2.75, 3.05) is 0 Å². The zero-order valence-corrected chi connectivity index (χ0v) is 10.7. The van der Waals surface area contributed by atoms with Crippen molar-refractivity contribution in [2.45, 2.75) is 11.8 Å². The first-order valence-electron chi connectivity index (χ1n) is 5.05. The maximum atomic E-state index is 10.9. The van der Waals surface area contributed by atoms with E-state index in [1.54, 1.807) is 0 Å². The Labute approximate surface area is 175 Å². The van der Waals surface area contributed by atoms with Crippen molar-refractivity contribution in [3.05, 3.63) is 9.75 Å². The zero-order chi connectivity index (χ0) is 16.5. The van der Waals surface area contributed by atoms with Crippen LogP contribution < -0.4 is 0 Å². The number of aliphatic carboxylic acids is 4. The predicted octanol–water partition coefficient (Wildman–Crippen LogP) is -1.63. The Kier molecular flexibility index (Phi) is 10.1. The fraction of sp³-hybridized carbons (Fsp3) is 0.200. The Morgan fingerprint density at radius 1 is 0.652 bits per heavy atom. The molecular formula is C10H10Na2O10S. The van der Waals surface area contributed by atoms with E-state index in [1.165, 1.54) is 0 Å². The average molecular weight is 368 g/mol. The third-order valence-electron chi connectivity index (χ3n) is 2.42. The van der Waals surface area contributed by atoms with Gasteiger partial charge in [-0.15, -0.1) is 11.3 Å². The summed E-state index contributed by atoms with van der Waals surface area (Å²) < 4.78 is 0. The fourth-order valence-electron chi connectivity index (χ4n) is 1.50. The molecule has 0 unspecified atom stereocenters. The molecule has 23 heavy (non-hydrogen) atoms. The SMILES string of the molecule is O=C(O)C(C(=O)O)c1sc(C(C(=O)O)C(=O)O)c(O)c1O.[NaH].[NaH]. The summed E-state index contributed by atoms with van der Waals surface area (Å²) >= 11 is 0.0923. The van der Waals surface area contributed by atoms with Crippen LogP contribution in [0.15, 0.2) is 0 Å². The van der Waals surface area contributed by atoms with Crippen LogP contribution in [0.1, 0.15) is 21.6 Å². The monoisotopic (exact) mass is 368 g/mol. The van der Waals surface area contributed by atoms with Crippen LogP contribution in [0.3, 0.4) is 0 Å². The van der Waals surface area contributed by atoms with E-state index >= 15 is 0 Å². The molecule has 1 rings (SSSR count). The van der Waals surface area contributed by atoms with E-state index in [0.717, 1.165) is 0 Å². The van der Waals surface area contributed by atoms with Crippen molar-refractivity contribution >= 4 is 94.3 Å². The van der Waals surface area contributed by atoms with Crippen LogP contribution in [0.5, 0.6) is 11.5 Å². The quantitative estimate of drug-likeness (QED) is 0.251. The Balaban J connectivity index is 0. The van der Waals surface area contributed by atoms with E-state index in [0.29, 0.717) is 0 Å². The summed E-state index contributed by atoms with van der Waals surface area (Å²) in [6.07, 6.45) is 0. The van der Waals surface area contributed by atoms with Gasteiger partial charge in [0.25, 0.3) is 0 Å². The maximum absolute atomic E-state index is 10.9. The number of hydrogen-bond donors (Lipinski definition) is 6. The summed E-state index contributed by atoms with van der Waals surface area (Å²) in [4.78, 5) is 41.9. The fourth-order valence-corrected chi connectivity index (χ4v) is 2.76. The second-order valence-electron chi connectivity index (χ2n) is 3.75. The molecule has 1 heterocycles. The van der Waals surface area contributed by atoms with Gasteiger partial charge in [0.05, 0.1) is 9.75 Å². The van der Waals surface area contributed by atoms with Gasteiger partial charge in [-0.25, -0.2) is 0 Å². The molecule has 0 fully saturated rings. The van der Waals surface area contributed by atoms with Crippen LogP contribution in [0.25, 0.3) is 0 Å². The second-order valence-corrected chi connectivity index (χ2v) is 4.83. The Bertz CT molecular complexity index is 559. The van der Waals surface area contributed by atoms with Crippen LogP contribution in [-0.2, 0) is 19.2 Å². The summed E-state index contributed by atoms with van der Waals surface area (Å²) in [5.74, 6) is -14.3. The third kappa shape index (κ3) is 5.08. The summed E-state index contributed by atoms with van der Waals surface area (Å²) in [6.45, 7) is 0. The first kappa shape index (κ1) is 24.4. The molecule has 6 N–H and O–H groups in total. The van der Waals surface area contributed by atoms with Crippen LogP contribution >= 0.6 is 11.3 Å². The number of hydrogen-bond acceptors (Lipinski definition) is 7. The van der Waals surface area contributed by atoms with Crippen molar-refractivity contribution in [1.29, 1.82) is 0 Å². The molecule has 1 aromatic heterocycles. The molecule has 0 aliphatic carbocycles. The van der Waals surface area contributed by atoms with E-state index in [4.69, 9.17) is 20.4 Å². The van der Waals surface area contributed by atoms with Crippen molar-refractivity contribution in [3.63, 3.8) is 0 Å². The molecule has 0 saturated carbocycles. The van der Waals surface area contributed by atoms with Gasteiger partial charge in [0.2, 0.25) is 0 Å². The molecule has 0 aromatic carbocycles. The van der Waals surface area contributed by atoms with Gasteiger partial charge >= 0.3 is 83.0 Å². The van der Waals surface area contributed by atoms with Gasteiger partial charge < -0.3 is 30.6 Å². The number of rotatable bonds is 6. The van der Waals surface area contributed by atoms with Crippen molar-refractivity contribution in [1.82, 2.24) is 0 Å². The van der Waals surface area contributed by atoms with Gasteiger partial charge in [0.15, 0.2) is 23.3 Å². The molecule has 0 saturated heterocycles. The minimum atomic E-state index is -2.27. The van der Waals surface area contributed by atoms with Gasteiger partial charge in [0, 0.05) is 0 Å². The van der Waals surface area contributed by atoms with E-state index in [2.05, 4.69) is 0 Å². The molecule has 0 amide bonds. The van der Waals surface area contributed by atoms with Gasteiger partial charge in [0.1, 0.15) is 0 Å². The average Bonchev–Trinajstić information content (AvgIpc) is 2.57. The molecular weight excluding hydrogens is 358 g/mol. The first-order chi connectivity index (χ1) is 9.59. The van der Waals surface area contributed by atoms with E-state index in [1.807, 2.05) is 0 Å². The summed E-state index contributed by atoms with van der Waals surface area (Å²) in [5, 5.41) is 54.2. The topological polar surface area (TPSA) is 190 Å². The zero-order valence-electron chi connectivity index (χ0n) is 9.88. The normalized spacial score (nSPS) is 9.83. The van der Waals surface area contributed by atoms with Crippen molar-refractivity contribution in [2.24, 2.45) is 0 Å². The molecule has 118 valence electrons. The molecule has 0 bridgehead atoms. The van der Waals surface area contributed by atoms with Crippen LogP contribution in [0, 0.1) is 0 Å². The van der Waals surface area contributed by atoms with E-state index in [-0.39, 0.29) is 70.5 Å². The van der Waals surface area contributed by atoms with Crippen molar-refractivity contribution in [3.8, 4) is 11.5 Å². The summed E-state index contributed by atoms with van der Waals surface area (Å²) in [7, 11) is 0. The van der Waals surface area contributed by atoms with Crippen LogP contribution in [0.4, 0.5) is 0 Å². The Morgan fingerprint density at radius 2 is 0.870 bits per heavy atom. The Morgan fingerprint density at radius 3 is 1.04 bits per heavy atom. The van der Waals surface area contributed by atoms with Gasteiger partial charge in [-0.05, 0) is 0 Å². The number of carbonyl (C=O) groups is 4. The molecule has 0 aliphatic heterocycles. The third-order valence-corrected chi connectivity index (χ3v) is 3.72. The van der Waals surface area contributed by atoms with Crippen LogP contribution in [-0.4, -0.2) is 114 Å². The number of carboxylic acid groups (broad SMARTS) is 4.